The largest absolute Gasteiger partial charge is 0.334 e. The van der Waals surface area contributed by atoms with Gasteiger partial charge in [-0.1, -0.05) is 18.9 Å². The number of rotatable bonds is 6. The van der Waals surface area contributed by atoms with E-state index in [9.17, 15) is 14.9 Å². The van der Waals surface area contributed by atoms with Gasteiger partial charge in [-0.05, 0) is 39.9 Å². The summed E-state index contributed by atoms with van der Waals surface area (Å²) in [5.74, 6) is -0.0834. The summed E-state index contributed by atoms with van der Waals surface area (Å²) in [4.78, 5) is 27.7. The number of carbonyl (C=O) groups is 1. The van der Waals surface area contributed by atoms with Gasteiger partial charge >= 0.3 is 0 Å². The van der Waals surface area contributed by atoms with Crippen LogP contribution in [0.2, 0.25) is 0 Å². The molecule has 1 amide bonds. The fourth-order valence-corrected chi connectivity index (χ4v) is 3.18. The van der Waals surface area contributed by atoms with Crippen LogP contribution >= 0.6 is 0 Å². The number of nitro groups is 1. The normalized spacial score (nSPS) is 15.1. The topological polar surface area (TPSA) is 66.7 Å². The van der Waals surface area contributed by atoms with Crippen LogP contribution in [-0.4, -0.2) is 53.9 Å². The van der Waals surface area contributed by atoms with E-state index in [0.29, 0.717) is 17.7 Å². The monoisotopic (exact) mass is 319 g/mol. The van der Waals surface area contributed by atoms with Crippen molar-refractivity contribution >= 4 is 11.6 Å². The number of carbonyl (C=O) groups excluding carboxylic acids is 1. The summed E-state index contributed by atoms with van der Waals surface area (Å²) in [6.07, 6.45) is 4.33. The molecule has 0 atom stereocenters. The fourth-order valence-electron chi connectivity index (χ4n) is 3.18. The highest BCUT2D eigenvalue weighted by Crippen LogP contribution is 2.27. The van der Waals surface area contributed by atoms with Crippen molar-refractivity contribution < 1.29 is 9.72 Å². The molecule has 0 aliphatic heterocycles. The smallest absolute Gasteiger partial charge is 0.273 e. The molecule has 1 aromatic rings. The minimum absolute atomic E-state index is 0.00910. The molecule has 0 heterocycles. The summed E-state index contributed by atoms with van der Waals surface area (Å²) in [5.41, 5.74) is 0.912. The van der Waals surface area contributed by atoms with Gasteiger partial charge in [-0.15, -0.1) is 0 Å². The van der Waals surface area contributed by atoms with Crippen LogP contribution in [0.4, 0.5) is 5.69 Å². The van der Waals surface area contributed by atoms with Gasteiger partial charge in [0.05, 0.1) is 4.92 Å². The maximum Gasteiger partial charge on any atom is 0.273 e. The molecule has 1 aliphatic rings. The summed E-state index contributed by atoms with van der Waals surface area (Å²) < 4.78 is 0. The molecule has 0 unspecified atom stereocenters. The zero-order valence-electron chi connectivity index (χ0n) is 14.1. The lowest BCUT2D eigenvalue weighted by molar-refractivity contribution is -0.385. The molecule has 0 spiro atoms. The van der Waals surface area contributed by atoms with Crippen molar-refractivity contribution in [3.8, 4) is 0 Å². The molecule has 1 aromatic carbocycles. The Morgan fingerprint density at radius 3 is 2.48 bits per heavy atom. The van der Waals surface area contributed by atoms with E-state index in [1.807, 2.05) is 19.0 Å². The van der Waals surface area contributed by atoms with Gasteiger partial charge in [-0.2, -0.15) is 0 Å². The van der Waals surface area contributed by atoms with E-state index in [0.717, 1.165) is 32.2 Å². The molecular weight excluding hydrogens is 294 g/mol. The molecule has 6 heteroatoms. The summed E-state index contributed by atoms with van der Waals surface area (Å²) in [6, 6.07) is 4.99. The number of hydrogen-bond donors (Lipinski definition) is 0. The molecule has 0 radical (unpaired) electrons. The zero-order chi connectivity index (χ0) is 17.0. The van der Waals surface area contributed by atoms with Crippen LogP contribution in [0.25, 0.3) is 0 Å². The maximum absolute atomic E-state index is 13.0. The van der Waals surface area contributed by atoms with Gasteiger partial charge in [0.25, 0.3) is 11.6 Å². The average Bonchev–Trinajstić information content (AvgIpc) is 3.01. The summed E-state index contributed by atoms with van der Waals surface area (Å²) in [7, 11) is 3.96. The highest BCUT2D eigenvalue weighted by Gasteiger charge is 2.29. The lowest BCUT2D eigenvalue weighted by Gasteiger charge is -2.30. The van der Waals surface area contributed by atoms with Crippen molar-refractivity contribution in [1.82, 2.24) is 9.80 Å². The first kappa shape index (κ1) is 17.4. The predicted molar refractivity (Wildman–Crippen MR) is 89.7 cm³/mol. The molecule has 0 N–H and O–H groups in total. The predicted octanol–water partition coefficient (Wildman–Crippen LogP) is 2.85. The highest BCUT2D eigenvalue weighted by molar-refractivity contribution is 5.96. The summed E-state index contributed by atoms with van der Waals surface area (Å²) >= 11 is 0. The Labute approximate surface area is 137 Å². The highest BCUT2D eigenvalue weighted by atomic mass is 16.6. The number of likely N-dealkylation sites (N-methyl/N-ethyl adjacent to an activating group) is 1. The number of hydrogen-bond acceptors (Lipinski definition) is 4. The maximum atomic E-state index is 13.0. The van der Waals surface area contributed by atoms with Gasteiger partial charge in [0.1, 0.15) is 0 Å². The van der Waals surface area contributed by atoms with E-state index in [-0.39, 0.29) is 17.6 Å². The van der Waals surface area contributed by atoms with E-state index in [1.165, 1.54) is 6.07 Å². The first-order chi connectivity index (χ1) is 10.9. The van der Waals surface area contributed by atoms with Gasteiger partial charge in [-0.3, -0.25) is 14.9 Å². The molecule has 1 saturated carbocycles. The van der Waals surface area contributed by atoms with Crippen molar-refractivity contribution in [3.05, 3.63) is 39.4 Å². The molecule has 126 valence electrons. The molecule has 1 aliphatic carbocycles. The second-order valence-corrected chi connectivity index (χ2v) is 6.45. The Balaban J connectivity index is 2.29. The molecule has 0 aromatic heterocycles. The second kappa shape index (κ2) is 7.55. The molecule has 0 saturated heterocycles. The van der Waals surface area contributed by atoms with E-state index in [2.05, 4.69) is 4.90 Å². The van der Waals surface area contributed by atoms with Gasteiger partial charge < -0.3 is 9.80 Å². The lowest BCUT2D eigenvalue weighted by atomic mass is 10.0. The molecule has 23 heavy (non-hydrogen) atoms. The Hall–Kier alpha value is -1.95. The van der Waals surface area contributed by atoms with Crippen LogP contribution in [0.1, 0.15) is 41.6 Å². The quantitative estimate of drug-likeness (QED) is 0.597. The van der Waals surface area contributed by atoms with Crippen molar-refractivity contribution in [3.63, 3.8) is 0 Å². The number of nitro benzene ring substituents is 1. The lowest BCUT2D eigenvalue weighted by Crippen LogP contribution is -2.43. The molecule has 0 bridgehead atoms. The van der Waals surface area contributed by atoms with Gasteiger partial charge in [0.2, 0.25) is 0 Å². The molecule has 1 fully saturated rings. The zero-order valence-corrected chi connectivity index (χ0v) is 14.1. The first-order valence-corrected chi connectivity index (χ1v) is 8.11. The van der Waals surface area contributed by atoms with Gasteiger partial charge in [0.15, 0.2) is 0 Å². The van der Waals surface area contributed by atoms with Crippen molar-refractivity contribution in [1.29, 1.82) is 0 Å². The fraction of sp³-hybridized carbons (Fsp3) is 0.588. The van der Waals surface area contributed by atoms with E-state index in [4.69, 9.17) is 0 Å². The van der Waals surface area contributed by atoms with Crippen molar-refractivity contribution in [2.24, 2.45) is 0 Å². The standard InChI is InChI=1S/C17H25N3O3/c1-13-15(9-6-10-16(13)20(22)23)17(21)19(12-11-18(2)3)14-7-4-5-8-14/h6,9-10,14H,4-5,7-8,11-12H2,1-3H3. The number of nitrogens with zero attached hydrogens (tertiary/aromatic N) is 3. The molecule has 2 rings (SSSR count). The number of amides is 1. The Morgan fingerprint density at radius 1 is 1.26 bits per heavy atom. The SMILES string of the molecule is Cc1c(C(=O)N(CCN(C)C)C2CCCC2)cccc1[N+](=O)[O-]. The van der Waals surface area contributed by atoms with E-state index < -0.39 is 4.92 Å². The third-order valence-electron chi connectivity index (χ3n) is 4.55. The van der Waals surface area contributed by atoms with Crippen LogP contribution in [0.15, 0.2) is 18.2 Å². The van der Waals surface area contributed by atoms with Crippen LogP contribution in [0.5, 0.6) is 0 Å². The average molecular weight is 319 g/mol. The minimum Gasteiger partial charge on any atom is -0.334 e. The Morgan fingerprint density at radius 2 is 1.91 bits per heavy atom. The number of benzene rings is 1. The van der Waals surface area contributed by atoms with Crippen LogP contribution in [-0.2, 0) is 0 Å². The molecular formula is C17H25N3O3. The third-order valence-corrected chi connectivity index (χ3v) is 4.55. The first-order valence-electron chi connectivity index (χ1n) is 8.11. The second-order valence-electron chi connectivity index (χ2n) is 6.45. The summed E-state index contributed by atoms with van der Waals surface area (Å²) in [6.45, 7) is 3.10. The third kappa shape index (κ3) is 4.07. The van der Waals surface area contributed by atoms with Crippen molar-refractivity contribution in [2.75, 3.05) is 27.2 Å². The Bertz CT molecular complexity index is 580. The summed E-state index contributed by atoms with van der Waals surface area (Å²) in [5, 5.41) is 11.1. The van der Waals surface area contributed by atoms with Gasteiger partial charge in [0, 0.05) is 36.3 Å². The minimum atomic E-state index is -0.425. The Kier molecular flexibility index (Phi) is 5.71. The van der Waals surface area contributed by atoms with Crippen LogP contribution in [0.3, 0.4) is 0 Å². The van der Waals surface area contributed by atoms with Crippen LogP contribution < -0.4 is 0 Å². The van der Waals surface area contributed by atoms with E-state index in [1.54, 1.807) is 19.1 Å². The van der Waals surface area contributed by atoms with Gasteiger partial charge in [-0.25, -0.2) is 0 Å². The van der Waals surface area contributed by atoms with Crippen LogP contribution in [0, 0.1) is 17.0 Å². The molecule has 6 nitrogen and oxygen atoms in total. The van der Waals surface area contributed by atoms with E-state index >= 15 is 0 Å². The van der Waals surface area contributed by atoms with Crippen molar-refractivity contribution in [2.45, 2.75) is 38.6 Å².